The molecule has 1 rings (SSSR count). The normalized spacial score (nSPS) is 9.44. The Bertz CT molecular complexity index is 228. The van der Waals surface area contributed by atoms with Crippen molar-refractivity contribution in [1.29, 1.82) is 0 Å². The van der Waals surface area contributed by atoms with Crippen molar-refractivity contribution in [1.82, 2.24) is 0 Å². The fourth-order valence-corrected chi connectivity index (χ4v) is 0.757. The fraction of sp³-hybridized carbons (Fsp3) is 0. The maximum Gasteiger partial charge on any atom is 0.169 e. The maximum atomic E-state index is 10.0. The molecule has 3 nitrogen and oxygen atoms in total. The molecule has 0 bridgehead atoms. The SMILES string of the molecule is O=C([O-])c1coc(Br)c1. The van der Waals surface area contributed by atoms with Crippen LogP contribution in [0, 0.1) is 0 Å². The van der Waals surface area contributed by atoms with E-state index in [4.69, 9.17) is 0 Å². The van der Waals surface area contributed by atoms with Gasteiger partial charge in [0.2, 0.25) is 0 Å². The Hall–Kier alpha value is -0.770. The minimum atomic E-state index is -1.23. The molecule has 0 amide bonds. The minimum absolute atomic E-state index is 0.0434. The molecule has 0 N–H and O–H groups in total. The molecular formula is C5H2BrO3-. The summed E-state index contributed by atoms with van der Waals surface area (Å²) < 4.78 is 5.01. The predicted octanol–water partition coefficient (Wildman–Crippen LogP) is 0.406. The van der Waals surface area contributed by atoms with Gasteiger partial charge in [-0.15, -0.1) is 0 Å². The molecule has 0 radical (unpaired) electrons. The number of aromatic carboxylic acids is 1. The first-order valence-corrected chi connectivity index (χ1v) is 2.95. The Kier molecular flexibility index (Phi) is 1.57. The van der Waals surface area contributed by atoms with E-state index in [2.05, 4.69) is 20.3 Å². The van der Waals surface area contributed by atoms with Gasteiger partial charge in [0.25, 0.3) is 0 Å². The van der Waals surface area contributed by atoms with Gasteiger partial charge in [0.15, 0.2) is 4.67 Å². The number of hydrogen-bond donors (Lipinski definition) is 0. The number of furan rings is 1. The number of carbonyl (C=O) groups is 1. The quantitative estimate of drug-likeness (QED) is 0.644. The summed E-state index contributed by atoms with van der Waals surface area (Å²) in [6, 6.07) is 1.33. The van der Waals surface area contributed by atoms with Crippen LogP contribution in [0.5, 0.6) is 0 Å². The Balaban J connectivity index is 2.98. The van der Waals surface area contributed by atoms with Crippen molar-refractivity contribution in [2.24, 2.45) is 0 Å². The lowest BCUT2D eigenvalue weighted by Crippen LogP contribution is -2.21. The number of carboxylic acids is 1. The van der Waals surface area contributed by atoms with Gasteiger partial charge >= 0.3 is 0 Å². The van der Waals surface area contributed by atoms with Crippen LogP contribution in [0.25, 0.3) is 0 Å². The second kappa shape index (κ2) is 2.23. The molecule has 0 aliphatic rings. The molecular weight excluding hydrogens is 188 g/mol. The van der Waals surface area contributed by atoms with Gasteiger partial charge in [-0.25, -0.2) is 0 Å². The summed E-state index contributed by atoms with van der Waals surface area (Å²) in [5, 5.41) is 10.0. The number of carbonyl (C=O) groups excluding carboxylic acids is 1. The van der Waals surface area contributed by atoms with Crippen LogP contribution in [0.3, 0.4) is 0 Å². The third-order valence-corrected chi connectivity index (χ3v) is 1.22. The van der Waals surface area contributed by atoms with Crippen LogP contribution in [0.15, 0.2) is 21.4 Å². The van der Waals surface area contributed by atoms with E-state index in [-0.39, 0.29) is 5.56 Å². The molecule has 0 aromatic carbocycles. The Labute approximate surface area is 59.4 Å². The van der Waals surface area contributed by atoms with Crippen LogP contribution in [0.1, 0.15) is 10.4 Å². The highest BCUT2D eigenvalue weighted by molar-refractivity contribution is 9.10. The average molecular weight is 190 g/mol. The van der Waals surface area contributed by atoms with E-state index in [1.807, 2.05) is 0 Å². The second-order valence-corrected chi connectivity index (χ2v) is 2.21. The molecule has 48 valence electrons. The van der Waals surface area contributed by atoms with Gasteiger partial charge in [0.05, 0.1) is 5.97 Å². The molecule has 4 heteroatoms. The lowest BCUT2D eigenvalue weighted by molar-refractivity contribution is -0.255. The van der Waals surface area contributed by atoms with E-state index in [1.54, 1.807) is 0 Å². The van der Waals surface area contributed by atoms with Crippen LogP contribution >= 0.6 is 15.9 Å². The van der Waals surface area contributed by atoms with Gasteiger partial charge in [0.1, 0.15) is 6.26 Å². The minimum Gasteiger partial charge on any atom is -0.545 e. The molecule has 0 aliphatic heterocycles. The smallest absolute Gasteiger partial charge is 0.169 e. The van der Waals surface area contributed by atoms with Gasteiger partial charge in [-0.2, -0.15) is 0 Å². The number of halogens is 1. The number of hydrogen-bond acceptors (Lipinski definition) is 3. The third kappa shape index (κ3) is 1.32. The van der Waals surface area contributed by atoms with Crippen LogP contribution in [-0.4, -0.2) is 5.97 Å². The highest BCUT2D eigenvalue weighted by atomic mass is 79.9. The summed E-state index contributed by atoms with van der Waals surface area (Å²) in [4.78, 5) is 10.0. The first-order valence-electron chi connectivity index (χ1n) is 2.15. The van der Waals surface area contributed by atoms with Crippen molar-refractivity contribution < 1.29 is 14.3 Å². The van der Waals surface area contributed by atoms with Crippen molar-refractivity contribution in [3.63, 3.8) is 0 Å². The lowest BCUT2D eigenvalue weighted by Gasteiger charge is -1.90. The molecule has 0 atom stereocenters. The molecule has 0 spiro atoms. The Morgan fingerprint density at radius 1 is 1.78 bits per heavy atom. The zero-order valence-corrected chi connectivity index (χ0v) is 5.84. The molecule has 1 heterocycles. The summed E-state index contributed by atoms with van der Waals surface area (Å²) in [5.41, 5.74) is 0.0434. The van der Waals surface area contributed by atoms with Crippen molar-refractivity contribution in [3.05, 3.63) is 22.6 Å². The van der Waals surface area contributed by atoms with Crippen LogP contribution in [0.4, 0.5) is 0 Å². The molecule has 0 saturated heterocycles. The van der Waals surface area contributed by atoms with Crippen molar-refractivity contribution in [3.8, 4) is 0 Å². The lowest BCUT2D eigenvalue weighted by atomic mass is 10.4. The van der Waals surface area contributed by atoms with Gasteiger partial charge in [-0.05, 0) is 15.9 Å². The van der Waals surface area contributed by atoms with E-state index >= 15 is 0 Å². The summed E-state index contributed by atoms with van der Waals surface area (Å²) in [6.07, 6.45) is 1.11. The van der Waals surface area contributed by atoms with Crippen molar-refractivity contribution >= 4 is 21.9 Å². The van der Waals surface area contributed by atoms with E-state index in [1.165, 1.54) is 6.07 Å². The van der Waals surface area contributed by atoms with Crippen LogP contribution < -0.4 is 5.11 Å². The first-order chi connectivity index (χ1) is 4.20. The molecule has 9 heavy (non-hydrogen) atoms. The standard InChI is InChI=1S/C5H3BrO3/c6-4-1-3(2-9-4)5(7)8/h1-2H,(H,7,8)/p-1. The van der Waals surface area contributed by atoms with E-state index in [9.17, 15) is 9.90 Å². The summed E-state index contributed by atoms with van der Waals surface area (Å²) in [5.74, 6) is -1.23. The number of carboxylic acid groups (broad SMARTS) is 1. The topological polar surface area (TPSA) is 53.3 Å². The van der Waals surface area contributed by atoms with Crippen LogP contribution in [0.2, 0.25) is 0 Å². The monoisotopic (exact) mass is 189 g/mol. The molecule has 1 aromatic heterocycles. The van der Waals surface area contributed by atoms with Crippen LogP contribution in [-0.2, 0) is 0 Å². The van der Waals surface area contributed by atoms with Gasteiger partial charge in [-0.1, -0.05) is 0 Å². The predicted molar refractivity (Wildman–Crippen MR) is 30.7 cm³/mol. The zero-order chi connectivity index (χ0) is 6.85. The molecule has 0 fully saturated rings. The maximum absolute atomic E-state index is 10.0. The zero-order valence-electron chi connectivity index (χ0n) is 4.26. The number of rotatable bonds is 1. The molecule has 1 aromatic rings. The van der Waals surface area contributed by atoms with Crippen molar-refractivity contribution in [2.75, 3.05) is 0 Å². The van der Waals surface area contributed by atoms with Crippen molar-refractivity contribution in [2.45, 2.75) is 0 Å². The van der Waals surface area contributed by atoms with E-state index < -0.39 is 5.97 Å². The van der Waals surface area contributed by atoms with E-state index in [0.717, 1.165) is 6.26 Å². The van der Waals surface area contributed by atoms with E-state index in [0.29, 0.717) is 4.67 Å². The van der Waals surface area contributed by atoms with Gasteiger partial charge in [-0.3, -0.25) is 0 Å². The molecule has 0 saturated carbocycles. The Morgan fingerprint density at radius 2 is 2.44 bits per heavy atom. The average Bonchev–Trinajstić information content (AvgIpc) is 2.14. The molecule has 0 unspecified atom stereocenters. The summed E-state index contributed by atoms with van der Waals surface area (Å²) in [6.45, 7) is 0. The highest BCUT2D eigenvalue weighted by Crippen LogP contribution is 2.12. The third-order valence-electron chi connectivity index (χ3n) is 0.803. The largest absolute Gasteiger partial charge is 0.545 e. The summed E-state index contributed by atoms with van der Waals surface area (Å²) in [7, 11) is 0. The first kappa shape index (κ1) is 6.35. The molecule has 0 aliphatic carbocycles. The Morgan fingerprint density at radius 3 is 2.67 bits per heavy atom. The van der Waals surface area contributed by atoms with Gasteiger partial charge in [0, 0.05) is 11.6 Å². The highest BCUT2D eigenvalue weighted by Gasteiger charge is 1.96. The van der Waals surface area contributed by atoms with Gasteiger partial charge < -0.3 is 14.3 Å². The fourth-order valence-electron chi connectivity index (χ4n) is 0.417. The second-order valence-electron chi connectivity index (χ2n) is 1.43. The summed E-state index contributed by atoms with van der Waals surface area (Å²) >= 11 is 2.94.